The zero-order valence-corrected chi connectivity index (χ0v) is 20.2. The summed E-state index contributed by atoms with van der Waals surface area (Å²) in [6.45, 7) is 4.80. The van der Waals surface area contributed by atoms with Crippen LogP contribution < -0.4 is 10.6 Å². The van der Waals surface area contributed by atoms with E-state index in [1.807, 2.05) is 0 Å². The van der Waals surface area contributed by atoms with E-state index < -0.39 is 43.1 Å². The Bertz CT molecular complexity index is 876. The summed E-state index contributed by atoms with van der Waals surface area (Å²) in [6.07, 6.45) is -0.895. The molecule has 0 aliphatic heterocycles. The molecule has 1 unspecified atom stereocenters. The van der Waals surface area contributed by atoms with Crippen LogP contribution in [-0.4, -0.2) is 119 Å². The van der Waals surface area contributed by atoms with Gasteiger partial charge >= 0.3 is 23.9 Å². The lowest BCUT2D eigenvalue weighted by atomic mass is 10.2. The van der Waals surface area contributed by atoms with Crippen LogP contribution in [0.1, 0.15) is 6.92 Å². The SMILES string of the molecule is C=C(C)C(=O)OCC(O)CNc1ccc(NCCN(CCN(CC(=O)O)CC(=O)O)CC(=O)O)cc1. The first-order valence-corrected chi connectivity index (χ1v) is 11.1. The van der Waals surface area contributed by atoms with Gasteiger partial charge in [-0.3, -0.25) is 24.2 Å². The van der Waals surface area contributed by atoms with Gasteiger partial charge in [-0.15, -0.1) is 0 Å². The average Bonchev–Trinajstić information content (AvgIpc) is 2.79. The van der Waals surface area contributed by atoms with Crippen molar-refractivity contribution in [2.24, 2.45) is 0 Å². The van der Waals surface area contributed by atoms with Gasteiger partial charge < -0.3 is 35.8 Å². The van der Waals surface area contributed by atoms with Gasteiger partial charge in [0, 0.05) is 49.7 Å². The van der Waals surface area contributed by atoms with E-state index >= 15 is 0 Å². The smallest absolute Gasteiger partial charge is 0.333 e. The summed E-state index contributed by atoms with van der Waals surface area (Å²) in [5, 5.41) is 43.1. The fourth-order valence-corrected chi connectivity index (χ4v) is 2.99. The molecule has 1 atom stereocenters. The Hall–Kier alpha value is -3.68. The van der Waals surface area contributed by atoms with Gasteiger partial charge in [-0.05, 0) is 31.2 Å². The number of hydrogen-bond donors (Lipinski definition) is 6. The molecule has 36 heavy (non-hydrogen) atoms. The van der Waals surface area contributed by atoms with Crippen LogP contribution in [0.3, 0.4) is 0 Å². The molecule has 200 valence electrons. The molecule has 0 spiro atoms. The van der Waals surface area contributed by atoms with Crippen molar-refractivity contribution >= 4 is 35.3 Å². The fourth-order valence-electron chi connectivity index (χ4n) is 2.99. The van der Waals surface area contributed by atoms with E-state index in [2.05, 4.69) is 17.2 Å². The molecule has 0 fully saturated rings. The summed E-state index contributed by atoms with van der Waals surface area (Å²) in [6, 6.07) is 7.14. The molecule has 13 nitrogen and oxygen atoms in total. The molecule has 1 aromatic carbocycles. The van der Waals surface area contributed by atoms with E-state index in [1.54, 1.807) is 29.2 Å². The first-order valence-electron chi connectivity index (χ1n) is 11.1. The van der Waals surface area contributed by atoms with E-state index in [0.29, 0.717) is 13.1 Å². The van der Waals surface area contributed by atoms with Gasteiger partial charge in [0.15, 0.2) is 0 Å². The Labute approximate surface area is 209 Å². The Morgan fingerprint density at radius 2 is 1.33 bits per heavy atom. The maximum absolute atomic E-state index is 11.3. The summed E-state index contributed by atoms with van der Waals surface area (Å²) < 4.78 is 4.89. The number of nitrogens with one attached hydrogen (secondary N) is 2. The number of benzene rings is 1. The number of rotatable bonds is 19. The van der Waals surface area contributed by atoms with E-state index in [0.717, 1.165) is 11.4 Å². The predicted molar refractivity (Wildman–Crippen MR) is 131 cm³/mol. The summed E-state index contributed by atoms with van der Waals surface area (Å²) in [4.78, 5) is 47.2. The van der Waals surface area contributed by atoms with E-state index in [4.69, 9.17) is 20.1 Å². The van der Waals surface area contributed by atoms with Gasteiger partial charge in [0.2, 0.25) is 0 Å². The zero-order chi connectivity index (χ0) is 27.1. The molecule has 0 bridgehead atoms. The quantitative estimate of drug-likeness (QED) is 0.107. The van der Waals surface area contributed by atoms with Crippen LogP contribution in [-0.2, 0) is 23.9 Å². The lowest BCUT2D eigenvalue weighted by Gasteiger charge is -2.25. The number of nitrogens with zero attached hydrogens (tertiary/aromatic N) is 2. The van der Waals surface area contributed by atoms with Crippen molar-refractivity contribution in [1.29, 1.82) is 0 Å². The van der Waals surface area contributed by atoms with Crippen molar-refractivity contribution in [3.63, 3.8) is 0 Å². The molecular formula is C23H34N4O9. The summed E-state index contributed by atoms with van der Waals surface area (Å²) in [5.41, 5.74) is 1.75. The molecule has 0 aromatic heterocycles. The number of esters is 1. The minimum atomic E-state index is -1.17. The van der Waals surface area contributed by atoms with Gasteiger partial charge in [-0.25, -0.2) is 4.79 Å². The highest BCUT2D eigenvalue weighted by Crippen LogP contribution is 2.13. The molecule has 0 saturated heterocycles. The van der Waals surface area contributed by atoms with Crippen LogP contribution in [0.5, 0.6) is 0 Å². The number of carboxylic acids is 3. The molecule has 1 rings (SSSR count). The van der Waals surface area contributed by atoms with E-state index in [1.165, 1.54) is 11.8 Å². The average molecular weight is 511 g/mol. The van der Waals surface area contributed by atoms with E-state index in [-0.39, 0.29) is 38.4 Å². The molecule has 6 N–H and O–H groups in total. The first kappa shape index (κ1) is 30.4. The van der Waals surface area contributed by atoms with Gasteiger partial charge in [0.25, 0.3) is 0 Å². The van der Waals surface area contributed by atoms with Crippen molar-refractivity contribution < 1.29 is 44.3 Å². The summed E-state index contributed by atoms with van der Waals surface area (Å²) in [5.74, 6) is -3.95. The van der Waals surface area contributed by atoms with Crippen molar-refractivity contribution in [2.45, 2.75) is 13.0 Å². The molecule has 1 aromatic rings. The standard InChI is InChI=1S/C23H34N4O9/c1-16(2)23(35)36-15-19(28)11-25-18-5-3-17(4-6-18)24-7-8-26(12-20(29)30)9-10-27(13-21(31)32)14-22(33)34/h3-6,19,24-25,28H,1,7-15H2,2H3,(H,29,30)(H,31,32)(H,33,34). The topological polar surface area (TPSA) is 189 Å². The van der Waals surface area contributed by atoms with E-state index in [9.17, 15) is 24.3 Å². The number of aliphatic carboxylic acids is 3. The highest BCUT2D eigenvalue weighted by Gasteiger charge is 2.16. The van der Waals surface area contributed by atoms with Crippen LogP contribution in [0.15, 0.2) is 36.4 Å². The second-order valence-electron chi connectivity index (χ2n) is 8.09. The third-order valence-corrected chi connectivity index (χ3v) is 4.75. The normalized spacial score (nSPS) is 11.7. The van der Waals surface area contributed by atoms with Crippen molar-refractivity contribution in [3.05, 3.63) is 36.4 Å². The molecule has 0 aliphatic carbocycles. The number of carbonyl (C=O) groups excluding carboxylic acids is 1. The molecule has 13 heteroatoms. The van der Waals surface area contributed by atoms with Crippen molar-refractivity contribution in [2.75, 3.05) is 69.6 Å². The summed E-state index contributed by atoms with van der Waals surface area (Å²) in [7, 11) is 0. The Morgan fingerprint density at radius 1 is 0.861 bits per heavy atom. The number of carbonyl (C=O) groups is 4. The second kappa shape index (κ2) is 16.1. The van der Waals surface area contributed by atoms with Crippen molar-refractivity contribution in [3.8, 4) is 0 Å². The predicted octanol–water partition coefficient (Wildman–Crippen LogP) is -0.152. The maximum atomic E-state index is 11.3. The van der Waals surface area contributed by atoms with Crippen LogP contribution in [0.2, 0.25) is 0 Å². The van der Waals surface area contributed by atoms with Gasteiger partial charge in [0.1, 0.15) is 12.7 Å². The Morgan fingerprint density at radius 3 is 1.83 bits per heavy atom. The molecule has 0 aliphatic rings. The summed E-state index contributed by atoms with van der Waals surface area (Å²) >= 11 is 0. The fraction of sp³-hybridized carbons (Fsp3) is 0.478. The third kappa shape index (κ3) is 13.9. The van der Waals surface area contributed by atoms with Gasteiger partial charge in [0.05, 0.1) is 19.6 Å². The maximum Gasteiger partial charge on any atom is 0.333 e. The molecule has 0 heterocycles. The number of carboxylic acid groups (broad SMARTS) is 3. The zero-order valence-electron chi connectivity index (χ0n) is 20.2. The number of anilines is 2. The highest BCUT2D eigenvalue weighted by molar-refractivity contribution is 5.86. The van der Waals surface area contributed by atoms with Crippen LogP contribution >= 0.6 is 0 Å². The lowest BCUT2D eigenvalue weighted by molar-refractivity contribution is -0.143. The lowest BCUT2D eigenvalue weighted by Crippen LogP contribution is -2.43. The molecular weight excluding hydrogens is 476 g/mol. The highest BCUT2D eigenvalue weighted by atomic mass is 16.5. The van der Waals surface area contributed by atoms with Crippen molar-refractivity contribution in [1.82, 2.24) is 9.80 Å². The number of hydrogen-bond acceptors (Lipinski definition) is 10. The van der Waals surface area contributed by atoms with Gasteiger partial charge in [-0.1, -0.05) is 6.58 Å². The Kier molecular flexibility index (Phi) is 13.6. The number of aliphatic hydroxyl groups is 1. The monoisotopic (exact) mass is 510 g/mol. The van der Waals surface area contributed by atoms with Crippen LogP contribution in [0.4, 0.5) is 11.4 Å². The number of aliphatic hydroxyl groups excluding tert-OH is 1. The van der Waals surface area contributed by atoms with Crippen LogP contribution in [0, 0.1) is 0 Å². The number of ether oxygens (including phenoxy) is 1. The first-order chi connectivity index (χ1) is 17.0. The minimum absolute atomic E-state index is 0.0878. The molecule has 0 amide bonds. The molecule has 0 radical (unpaired) electrons. The largest absolute Gasteiger partial charge is 0.480 e. The molecule has 0 saturated carbocycles. The van der Waals surface area contributed by atoms with Gasteiger partial charge in [-0.2, -0.15) is 0 Å². The second-order valence-corrected chi connectivity index (χ2v) is 8.09. The minimum Gasteiger partial charge on any atom is -0.480 e. The Balaban J connectivity index is 2.48. The third-order valence-electron chi connectivity index (χ3n) is 4.75. The van der Waals surface area contributed by atoms with Crippen LogP contribution in [0.25, 0.3) is 0 Å².